The van der Waals surface area contributed by atoms with Gasteiger partial charge >= 0.3 is 5.97 Å². The molecule has 1 aromatic heterocycles. The van der Waals surface area contributed by atoms with Crippen LogP contribution in [0.4, 0.5) is 10.7 Å². The molecule has 1 atom stereocenters. The fourth-order valence-electron chi connectivity index (χ4n) is 2.15. The van der Waals surface area contributed by atoms with Gasteiger partial charge in [-0.25, -0.2) is 4.79 Å². The first kappa shape index (κ1) is 15.6. The molecule has 0 aromatic carbocycles. The molecule has 2 rings (SSSR count). The molecule has 116 valence electrons. The highest BCUT2D eigenvalue weighted by atomic mass is 32.1. The first-order chi connectivity index (χ1) is 9.99. The molecule has 1 aliphatic carbocycles. The molecule has 6 nitrogen and oxygen atoms in total. The number of nitrogen functional groups attached to an aromatic ring is 1. The predicted octanol–water partition coefficient (Wildman–Crippen LogP) is 2.08. The van der Waals surface area contributed by atoms with Crippen LogP contribution in [0.25, 0.3) is 0 Å². The van der Waals surface area contributed by atoms with E-state index >= 15 is 0 Å². The molecule has 1 unspecified atom stereocenters. The van der Waals surface area contributed by atoms with Gasteiger partial charge in [0.05, 0.1) is 12.3 Å². The Labute approximate surface area is 128 Å². The van der Waals surface area contributed by atoms with Gasteiger partial charge < -0.3 is 21.1 Å². The van der Waals surface area contributed by atoms with Crippen molar-refractivity contribution in [3.63, 3.8) is 0 Å². The maximum Gasteiger partial charge on any atom is 0.343 e. The molecule has 1 heterocycles. The maximum atomic E-state index is 12.1. The Hall–Kier alpha value is -1.76. The van der Waals surface area contributed by atoms with Crippen molar-refractivity contribution in [2.75, 3.05) is 24.7 Å². The zero-order valence-corrected chi connectivity index (χ0v) is 13.3. The normalized spacial score (nSPS) is 15.4. The Bertz CT molecular complexity index is 552. The maximum absolute atomic E-state index is 12.1. The van der Waals surface area contributed by atoms with E-state index in [1.807, 2.05) is 0 Å². The van der Waals surface area contributed by atoms with E-state index in [0.717, 1.165) is 0 Å². The summed E-state index contributed by atoms with van der Waals surface area (Å²) in [6.45, 7) is 4.07. The second-order valence-corrected chi connectivity index (χ2v) is 6.14. The molecule has 1 amide bonds. The Kier molecular flexibility index (Phi) is 4.72. The lowest BCUT2D eigenvalue weighted by atomic mass is 10.2. The summed E-state index contributed by atoms with van der Waals surface area (Å²) in [5.41, 5.74) is 6.44. The van der Waals surface area contributed by atoms with Crippen LogP contribution in [0, 0.1) is 5.92 Å². The number of carbonyl (C=O) groups is 2. The lowest BCUT2D eigenvalue weighted by Gasteiger charge is -2.14. The van der Waals surface area contributed by atoms with Gasteiger partial charge in [-0.05, 0) is 32.6 Å². The summed E-state index contributed by atoms with van der Waals surface area (Å²) in [4.78, 5) is 24.3. The van der Waals surface area contributed by atoms with Crippen molar-refractivity contribution in [1.29, 1.82) is 0 Å². The van der Waals surface area contributed by atoms with Crippen LogP contribution in [0.15, 0.2) is 0 Å². The number of hydrogen-bond acceptors (Lipinski definition) is 6. The van der Waals surface area contributed by atoms with Crippen LogP contribution in [-0.4, -0.2) is 31.6 Å². The summed E-state index contributed by atoms with van der Waals surface area (Å²) < 4.78 is 5.05. The molecule has 0 bridgehead atoms. The van der Waals surface area contributed by atoms with E-state index < -0.39 is 5.97 Å². The molecule has 1 saturated carbocycles. The van der Waals surface area contributed by atoms with E-state index in [-0.39, 0.29) is 29.8 Å². The molecule has 0 radical (unpaired) electrons. The number of amides is 1. The molecule has 0 saturated heterocycles. The summed E-state index contributed by atoms with van der Waals surface area (Å²) >= 11 is 1.20. The molecule has 1 aromatic rings. The van der Waals surface area contributed by atoms with E-state index in [2.05, 4.69) is 17.6 Å². The molecule has 21 heavy (non-hydrogen) atoms. The Morgan fingerprint density at radius 3 is 2.67 bits per heavy atom. The Morgan fingerprint density at radius 1 is 1.48 bits per heavy atom. The van der Waals surface area contributed by atoms with Gasteiger partial charge in [0.1, 0.15) is 15.4 Å². The van der Waals surface area contributed by atoms with E-state index in [1.54, 1.807) is 6.92 Å². The van der Waals surface area contributed by atoms with Crippen LogP contribution >= 0.6 is 11.3 Å². The number of thiophene rings is 1. The van der Waals surface area contributed by atoms with Gasteiger partial charge in [-0.1, -0.05) is 0 Å². The van der Waals surface area contributed by atoms with Gasteiger partial charge in [0, 0.05) is 13.1 Å². The standard InChI is InChI=1S/C14H21N3O3S/c1-4-20-14(19)9-10(15)11(12(18)16-3)21-13(9)17-7(2)8-5-6-8/h7-8,17H,4-6,15H2,1-3H3,(H,16,18). The van der Waals surface area contributed by atoms with Gasteiger partial charge in [-0.15, -0.1) is 11.3 Å². The quantitative estimate of drug-likeness (QED) is 0.699. The highest BCUT2D eigenvalue weighted by Crippen LogP contribution is 2.40. The number of anilines is 2. The van der Waals surface area contributed by atoms with Crippen molar-refractivity contribution < 1.29 is 14.3 Å². The molecule has 4 N–H and O–H groups in total. The van der Waals surface area contributed by atoms with Gasteiger partial charge in [0.2, 0.25) is 0 Å². The highest BCUT2D eigenvalue weighted by molar-refractivity contribution is 7.19. The monoisotopic (exact) mass is 311 g/mol. The van der Waals surface area contributed by atoms with Crippen LogP contribution in [-0.2, 0) is 4.74 Å². The summed E-state index contributed by atoms with van der Waals surface area (Å²) in [7, 11) is 1.53. The van der Waals surface area contributed by atoms with Crippen LogP contribution < -0.4 is 16.4 Å². The Balaban J connectivity index is 2.35. The molecule has 1 aliphatic rings. The molecule has 0 aliphatic heterocycles. The van der Waals surface area contributed by atoms with Crippen molar-refractivity contribution in [2.24, 2.45) is 5.92 Å². The van der Waals surface area contributed by atoms with E-state index in [0.29, 0.717) is 15.8 Å². The molecular formula is C14H21N3O3S. The summed E-state index contributed by atoms with van der Waals surface area (Å²) in [6, 6.07) is 0.244. The minimum Gasteiger partial charge on any atom is -0.462 e. The largest absolute Gasteiger partial charge is 0.462 e. The van der Waals surface area contributed by atoms with Crippen molar-refractivity contribution in [3.8, 4) is 0 Å². The summed E-state index contributed by atoms with van der Waals surface area (Å²) in [6.07, 6.45) is 2.37. The van der Waals surface area contributed by atoms with Crippen LogP contribution in [0.2, 0.25) is 0 Å². The van der Waals surface area contributed by atoms with E-state index in [4.69, 9.17) is 10.5 Å². The number of carbonyl (C=O) groups excluding carboxylic acids is 2. The number of rotatable bonds is 6. The lowest BCUT2D eigenvalue weighted by Crippen LogP contribution is -2.19. The second-order valence-electron chi connectivity index (χ2n) is 5.12. The van der Waals surface area contributed by atoms with Gasteiger partial charge in [-0.2, -0.15) is 0 Å². The molecule has 0 spiro atoms. The number of nitrogens with one attached hydrogen (secondary N) is 2. The highest BCUT2D eigenvalue weighted by Gasteiger charge is 2.31. The van der Waals surface area contributed by atoms with Crippen LogP contribution in [0.5, 0.6) is 0 Å². The lowest BCUT2D eigenvalue weighted by molar-refractivity contribution is 0.0529. The third-order valence-corrected chi connectivity index (χ3v) is 4.68. The average Bonchev–Trinajstić information content (AvgIpc) is 3.24. The van der Waals surface area contributed by atoms with Gasteiger partial charge in [0.25, 0.3) is 5.91 Å². The van der Waals surface area contributed by atoms with E-state index in [1.165, 1.54) is 31.2 Å². The number of nitrogens with two attached hydrogens (primary N) is 1. The van der Waals surface area contributed by atoms with Gasteiger partial charge in [-0.3, -0.25) is 4.79 Å². The van der Waals surface area contributed by atoms with Crippen molar-refractivity contribution >= 4 is 33.9 Å². The number of ether oxygens (including phenoxy) is 1. The zero-order chi connectivity index (χ0) is 15.6. The topological polar surface area (TPSA) is 93.4 Å². The van der Waals surface area contributed by atoms with Crippen molar-refractivity contribution in [2.45, 2.75) is 32.7 Å². The fourth-order valence-corrected chi connectivity index (χ4v) is 3.31. The van der Waals surface area contributed by atoms with Gasteiger partial charge in [0.15, 0.2) is 0 Å². The van der Waals surface area contributed by atoms with E-state index in [9.17, 15) is 9.59 Å². The predicted molar refractivity (Wildman–Crippen MR) is 83.9 cm³/mol. The third-order valence-electron chi connectivity index (χ3n) is 3.55. The first-order valence-corrected chi connectivity index (χ1v) is 7.89. The van der Waals surface area contributed by atoms with Crippen molar-refractivity contribution in [3.05, 3.63) is 10.4 Å². The first-order valence-electron chi connectivity index (χ1n) is 7.07. The molecule has 1 fully saturated rings. The summed E-state index contributed by atoms with van der Waals surface area (Å²) in [5, 5.41) is 6.46. The second kappa shape index (κ2) is 6.34. The molecular weight excluding hydrogens is 290 g/mol. The van der Waals surface area contributed by atoms with Crippen LogP contribution in [0.1, 0.15) is 46.7 Å². The Morgan fingerprint density at radius 2 is 2.14 bits per heavy atom. The fraction of sp³-hybridized carbons (Fsp3) is 0.571. The minimum atomic E-state index is -0.494. The summed E-state index contributed by atoms with van der Waals surface area (Å²) in [5.74, 6) is -0.172. The smallest absolute Gasteiger partial charge is 0.343 e. The average molecular weight is 311 g/mol. The SMILES string of the molecule is CCOC(=O)c1c(NC(C)C2CC2)sc(C(=O)NC)c1N. The number of hydrogen-bond donors (Lipinski definition) is 3. The zero-order valence-electron chi connectivity index (χ0n) is 12.5. The van der Waals surface area contributed by atoms with Crippen LogP contribution in [0.3, 0.4) is 0 Å². The van der Waals surface area contributed by atoms with Crippen molar-refractivity contribution in [1.82, 2.24) is 5.32 Å². The minimum absolute atomic E-state index is 0.184. The molecule has 7 heteroatoms. The third kappa shape index (κ3) is 3.29. The number of esters is 1.